The standard InChI is InChI=1S/C22H16Cl2N2/c23-18-9-7-15(8-10-18)19-3-1-2-4-20(19)16-5-6-17(21(24)13-16)14-22-25-11-12-26-22/h1-13H,14H2,(H,25,26). The average molecular weight is 379 g/mol. The van der Waals surface area contributed by atoms with Gasteiger partial charge in [0.2, 0.25) is 0 Å². The van der Waals surface area contributed by atoms with E-state index in [1.165, 1.54) is 0 Å². The molecule has 0 radical (unpaired) electrons. The molecule has 4 rings (SSSR count). The molecule has 0 spiro atoms. The van der Waals surface area contributed by atoms with Crippen LogP contribution in [0.2, 0.25) is 10.0 Å². The third-order valence-electron chi connectivity index (χ3n) is 4.36. The maximum Gasteiger partial charge on any atom is 0.110 e. The molecule has 2 nitrogen and oxygen atoms in total. The summed E-state index contributed by atoms with van der Waals surface area (Å²) in [7, 11) is 0. The van der Waals surface area contributed by atoms with Crippen LogP contribution in [0.15, 0.2) is 79.1 Å². The summed E-state index contributed by atoms with van der Waals surface area (Å²) in [6.07, 6.45) is 4.25. The van der Waals surface area contributed by atoms with E-state index in [1.54, 1.807) is 6.20 Å². The second-order valence-corrected chi connectivity index (χ2v) is 6.91. The molecule has 4 heteroatoms. The molecule has 1 N–H and O–H groups in total. The van der Waals surface area contributed by atoms with Gasteiger partial charge in [-0.1, -0.05) is 71.7 Å². The maximum absolute atomic E-state index is 6.56. The number of halogens is 2. The Kier molecular flexibility index (Phi) is 4.79. The fourth-order valence-electron chi connectivity index (χ4n) is 3.05. The zero-order valence-electron chi connectivity index (χ0n) is 13.9. The summed E-state index contributed by atoms with van der Waals surface area (Å²) in [6.45, 7) is 0. The molecule has 0 amide bonds. The highest BCUT2D eigenvalue weighted by Crippen LogP contribution is 2.34. The van der Waals surface area contributed by atoms with Gasteiger partial charge in [0.15, 0.2) is 0 Å². The quantitative estimate of drug-likeness (QED) is 0.423. The number of imidazole rings is 1. The Morgan fingerprint density at radius 1 is 0.808 bits per heavy atom. The molecule has 4 aromatic rings. The van der Waals surface area contributed by atoms with Crippen molar-refractivity contribution < 1.29 is 0 Å². The molecule has 1 aromatic heterocycles. The van der Waals surface area contributed by atoms with Crippen molar-refractivity contribution in [2.45, 2.75) is 6.42 Å². The van der Waals surface area contributed by atoms with Crippen molar-refractivity contribution in [3.05, 3.63) is 101 Å². The molecule has 0 bridgehead atoms. The number of rotatable bonds is 4. The van der Waals surface area contributed by atoms with Gasteiger partial charge in [-0.3, -0.25) is 0 Å². The molecule has 0 aliphatic carbocycles. The van der Waals surface area contributed by atoms with Gasteiger partial charge in [0.1, 0.15) is 5.82 Å². The van der Waals surface area contributed by atoms with E-state index in [0.717, 1.165) is 43.7 Å². The predicted molar refractivity (Wildman–Crippen MR) is 109 cm³/mol. The molecule has 128 valence electrons. The first-order valence-corrected chi connectivity index (χ1v) is 9.08. The van der Waals surface area contributed by atoms with E-state index in [-0.39, 0.29) is 0 Å². The molecule has 0 atom stereocenters. The van der Waals surface area contributed by atoms with E-state index in [1.807, 2.05) is 48.7 Å². The van der Waals surface area contributed by atoms with Crippen molar-refractivity contribution in [1.29, 1.82) is 0 Å². The van der Waals surface area contributed by atoms with Crippen molar-refractivity contribution in [3.8, 4) is 22.3 Å². The van der Waals surface area contributed by atoms with Crippen molar-refractivity contribution in [1.82, 2.24) is 9.97 Å². The van der Waals surface area contributed by atoms with E-state index in [0.29, 0.717) is 6.42 Å². The Bertz CT molecular complexity index is 1020. The Balaban J connectivity index is 1.72. The molecule has 3 aromatic carbocycles. The smallest absolute Gasteiger partial charge is 0.110 e. The van der Waals surface area contributed by atoms with Gasteiger partial charge in [0.25, 0.3) is 0 Å². The third-order valence-corrected chi connectivity index (χ3v) is 4.96. The van der Waals surface area contributed by atoms with E-state index < -0.39 is 0 Å². The van der Waals surface area contributed by atoms with Crippen LogP contribution >= 0.6 is 23.2 Å². The van der Waals surface area contributed by atoms with Gasteiger partial charge < -0.3 is 4.98 Å². The summed E-state index contributed by atoms with van der Waals surface area (Å²) in [5.74, 6) is 0.904. The number of nitrogens with zero attached hydrogens (tertiary/aromatic N) is 1. The monoisotopic (exact) mass is 378 g/mol. The first-order valence-electron chi connectivity index (χ1n) is 8.33. The molecule has 0 fully saturated rings. The first kappa shape index (κ1) is 16.9. The SMILES string of the molecule is Clc1ccc(-c2ccccc2-c2ccc(Cc3ncc[nH]3)c(Cl)c2)cc1. The van der Waals surface area contributed by atoms with E-state index >= 15 is 0 Å². The summed E-state index contributed by atoms with van der Waals surface area (Å²) >= 11 is 12.6. The molecule has 0 unspecified atom stereocenters. The van der Waals surface area contributed by atoms with Crippen LogP contribution in [0.25, 0.3) is 22.3 Å². The third kappa shape index (κ3) is 3.52. The number of nitrogens with one attached hydrogen (secondary N) is 1. The second kappa shape index (κ2) is 7.36. The Hall–Kier alpha value is -2.55. The van der Waals surface area contributed by atoms with Gasteiger partial charge in [-0.2, -0.15) is 0 Å². The Morgan fingerprint density at radius 2 is 1.50 bits per heavy atom. The zero-order valence-corrected chi connectivity index (χ0v) is 15.4. The summed E-state index contributed by atoms with van der Waals surface area (Å²) < 4.78 is 0. The normalized spacial score (nSPS) is 10.8. The van der Waals surface area contributed by atoms with E-state index in [2.05, 4.69) is 34.2 Å². The lowest BCUT2D eigenvalue weighted by Gasteiger charge is -2.12. The average Bonchev–Trinajstić information content (AvgIpc) is 3.17. The number of hydrogen-bond acceptors (Lipinski definition) is 1. The van der Waals surface area contributed by atoms with Crippen LogP contribution in [0.1, 0.15) is 11.4 Å². The van der Waals surface area contributed by atoms with Gasteiger partial charge in [0.05, 0.1) is 0 Å². The highest BCUT2D eigenvalue weighted by molar-refractivity contribution is 6.31. The summed E-state index contributed by atoms with van der Waals surface area (Å²) in [5, 5.41) is 1.47. The molecule has 26 heavy (non-hydrogen) atoms. The molecule has 0 saturated carbocycles. The zero-order chi connectivity index (χ0) is 17.9. The molecular weight excluding hydrogens is 363 g/mol. The van der Waals surface area contributed by atoms with Crippen LogP contribution < -0.4 is 0 Å². The number of aromatic nitrogens is 2. The van der Waals surface area contributed by atoms with Crippen molar-refractivity contribution in [3.63, 3.8) is 0 Å². The predicted octanol–water partition coefficient (Wildman–Crippen LogP) is 6.64. The number of H-pyrrole nitrogens is 1. The first-order chi connectivity index (χ1) is 12.7. The van der Waals surface area contributed by atoms with Crippen molar-refractivity contribution in [2.75, 3.05) is 0 Å². The van der Waals surface area contributed by atoms with Crippen LogP contribution in [-0.4, -0.2) is 9.97 Å². The van der Waals surface area contributed by atoms with Crippen LogP contribution in [0, 0.1) is 0 Å². The van der Waals surface area contributed by atoms with E-state index in [9.17, 15) is 0 Å². The second-order valence-electron chi connectivity index (χ2n) is 6.07. The van der Waals surface area contributed by atoms with Crippen LogP contribution in [0.4, 0.5) is 0 Å². The largest absolute Gasteiger partial charge is 0.348 e. The molecule has 0 saturated heterocycles. The van der Waals surface area contributed by atoms with Crippen LogP contribution in [0.5, 0.6) is 0 Å². The van der Waals surface area contributed by atoms with Crippen LogP contribution in [0.3, 0.4) is 0 Å². The lowest BCUT2D eigenvalue weighted by Crippen LogP contribution is -1.93. The minimum absolute atomic E-state index is 0.685. The van der Waals surface area contributed by atoms with Gasteiger partial charge in [-0.25, -0.2) is 4.98 Å². The van der Waals surface area contributed by atoms with Gasteiger partial charge >= 0.3 is 0 Å². The molecule has 0 aliphatic heterocycles. The fourth-order valence-corrected chi connectivity index (χ4v) is 3.42. The summed E-state index contributed by atoms with van der Waals surface area (Å²) in [6, 6.07) is 22.4. The fraction of sp³-hybridized carbons (Fsp3) is 0.0455. The minimum Gasteiger partial charge on any atom is -0.348 e. The Morgan fingerprint density at radius 3 is 2.15 bits per heavy atom. The number of benzene rings is 3. The molecule has 1 heterocycles. The van der Waals surface area contributed by atoms with Gasteiger partial charge in [-0.15, -0.1) is 0 Å². The maximum atomic E-state index is 6.56. The molecular formula is C22H16Cl2N2. The number of aromatic amines is 1. The Labute approximate surface area is 162 Å². The van der Waals surface area contributed by atoms with Gasteiger partial charge in [-0.05, 0) is 46.0 Å². The topological polar surface area (TPSA) is 28.7 Å². The summed E-state index contributed by atoms with van der Waals surface area (Å²) in [4.78, 5) is 7.38. The van der Waals surface area contributed by atoms with Crippen LogP contribution in [-0.2, 0) is 6.42 Å². The molecule has 0 aliphatic rings. The van der Waals surface area contributed by atoms with Crippen molar-refractivity contribution in [2.24, 2.45) is 0 Å². The highest BCUT2D eigenvalue weighted by Gasteiger charge is 2.10. The lowest BCUT2D eigenvalue weighted by molar-refractivity contribution is 1.03. The van der Waals surface area contributed by atoms with Crippen molar-refractivity contribution >= 4 is 23.2 Å². The van der Waals surface area contributed by atoms with E-state index in [4.69, 9.17) is 23.2 Å². The summed E-state index contributed by atoms with van der Waals surface area (Å²) in [5.41, 5.74) is 5.55. The van der Waals surface area contributed by atoms with Gasteiger partial charge in [0, 0.05) is 28.9 Å². The number of hydrogen-bond donors (Lipinski definition) is 1. The minimum atomic E-state index is 0.685. The lowest BCUT2D eigenvalue weighted by atomic mass is 9.94. The highest BCUT2D eigenvalue weighted by atomic mass is 35.5.